The van der Waals surface area contributed by atoms with Gasteiger partial charge in [0.2, 0.25) is 0 Å². The molecule has 2 saturated heterocycles. The summed E-state index contributed by atoms with van der Waals surface area (Å²) in [4.78, 5) is 11.2. The van der Waals surface area contributed by atoms with Crippen molar-refractivity contribution in [3.8, 4) is 17.3 Å². The van der Waals surface area contributed by atoms with Gasteiger partial charge in [-0.05, 0) is 48.7 Å². The smallest absolute Gasteiger partial charge is 0.135 e. The first kappa shape index (κ1) is 31.0. The summed E-state index contributed by atoms with van der Waals surface area (Å²) in [7, 11) is 0. The van der Waals surface area contributed by atoms with Crippen LogP contribution >= 0.6 is 0 Å². The van der Waals surface area contributed by atoms with Gasteiger partial charge < -0.3 is 24.8 Å². The van der Waals surface area contributed by atoms with Gasteiger partial charge in [-0.1, -0.05) is 6.92 Å². The zero-order valence-corrected chi connectivity index (χ0v) is 25.2. The van der Waals surface area contributed by atoms with Crippen molar-refractivity contribution >= 4 is 11.2 Å². The minimum Gasteiger partial charge on any atom is -0.381 e. The Morgan fingerprint density at radius 1 is 1.09 bits per heavy atom. The molecule has 12 heteroatoms. The lowest BCUT2D eigenvalue weighted by Gasteiger charge is -2.42. The van der Waals surface area contributed by atoms with Crippen LogP contribution in [0, 0.1) is 28.9 Å². The lowest BCUT2D eigenvalue weighted by molar-refractivity contribution is -0.0391. The second-order valence-corrected chi connectivity index (χ2v) is 11.8. The molecule has 6 rings (SSSR count). The number of halogens is 2. The van der Waals surface area contributed by atoms with Crippen molar-refractivity contribution in [3.63, 3.8) is 0 Å². The standard InChI is InChI=1S/C33H37F2N7O3/c1-21-18-41(19-28(37)33(21)44-10-2-8-36)30-5-9-38-16-23(30)15-31-39-17-24-3-4-29(40-42(24)31)32-26(34)13-22(14-27(32)35)20-45-25-6-11-43-12-7-25/h3-5,9,13-14,16-17,21,25,28,33H,2,6-7,10-12,15,18-20,37H2,1H3/t21-,28+,33-/m0/s1. The third-order valence-electron chi connectivity index (χ3n) is 8.48. The van der Waals surface area contributed by atoms with Crippen LogP contribution in [0.5, 0.6) is 0 Å². The molecule has 1 aromatic carbocycles. The van der Waals surface area contributed by atoms with Gasteiger partial charge >= 0.3 is 0 Å². The minimum atomic E-state index is -0.700. The molecule has 45 heavy (non-hydrogen) atoms. The first-order valence-corrected chi connectivity index (χ1v) is 15.3. The van der Waals surface area contributed by atoms with E-state index in [1.165, 1.54) is 12.1 Å². The highest BCUT2D eigenvalue weighted by Crippen LogP contribution is 2.30. The lowest BCUT2D eigenvalue weighted by atomic mass is 9.91. The number of aromatic nitrogens is 4. The highest BCUT2D eigenvalue weighted by atomic mass is 19.1. The van der Waals surface area contributed by atoms with E-state index in [0.717, 1.165) is 30.6 Å². The van der Waals surface area contributed by atoms with E-state index >= 15 is 8.78 Å². The number of piperidine rings is 1. The van der Waals surface area contributed by atoms with Crippen LogP contribution in [0.15, 0.2) is 48.9 Å². The Morgan fingerprint density at radius 3 is 2.64 bits per heavy atom. The molecular formula is C33H37F2N7O3. The Labute approximate surface area is 260 Å². The molecule has 2 aliphatic heterocycles. The van der Waals surface area contributed by atoms with Gasteiger partial charge in [0.05, 0.1) is 60.9 Å². The van der Waals surface area contributed by atoms with Gasteiger partial charge in [-0.25, -0.2) is 18.3 Å². The van der Waals surface area contributed by atoms with Crippen molar-refractivity contribution in [2.24, 2.45) is 11.7 Å². The first-order valence-electron chi connectivity index (χ1n) is 15.3. The largest absolute Gasteiger partial charge is 0.381 e. The quantitative estimate of drug-likeness (QED) is 0.257. The average Bonchev–Trinajstić information content (AvgIpc) is 3.43. The second-order valence-electron chi connectivity index (χ2n) is 11.8. The van der Waals surface area contributed by atoms with Gasteiger partial charge in [0.25, 0.3) is 0 Å². The molecule has 236 valence electrons. The molecule has 2 aliphatic rings. The van der Waals surface area contributed by atoms with E-state index < -0.39 is 11.6 Å². The maximum absolute atomic E-state index is 15.3. The molecule has 2 fully saturated rings. The number of hydrogen-bond donors (Lipinski definition) is 1. The van der Waals surface area contributed by atoms with E-state index in [2.05, 4.69) is 33.0 Å². The summed E-state index contributed by atoms with van der Waals surface area (Å²) in [6, 6.07) is 9.81. The fourth-order valence-corrected chi connectivity index (χ4v) is 6.26. The molecule has 0 spiro atoms. The monoisotopic (exact) mass is 617 g/mol. The summed E-state index contributed by atoms with van der Waals surface area (Å²) in [6.45, 7) is 5.15. The topological polar surface area (TPSA) is 124 Å². The molecule has 4 aromatic rings. The van der Waals surface area contributed by atoms with E-state index in [0.29, 0.717) is 56.1 Å². The van der Waals surface area contributed by atoms with Gasteiger partial charge in [0.1, 0.15) is 17.5 Å². The summed E-state index contributed by atoms with van der Waals surface area (Å²) in [5.74, 6) is -0.645. The van der Waals surface area contributed by atoms with Gasteiger partial charge in [-0.15, -0.1) is 0 Å². The normalized spacial score (nSPS) is 20.9. The van der Waals surface area contributed by atoms with Gasteiger partial charge in [0, 0.05) is 68.3 Å². The number of imidazole rings is 1. The molecule has 5 heterocycles. The number of hydrogen-bond acceptors (Lipinski definition) is 9. The molecular weight excluding hydrogens is 580 g/mol. The molecule has 10 nitrogen and oxygen atoms in total. The number of ether oxygens (including phenoxy) is 3. The first-order chi connectivity index (χ1) is 21.9. The van der Waals surface area contributed by atoms with Gasteiger partial charge in [-0.2, -0.15) is 10.4 Å². The Morgan fingerprint density at radius 2 is 1.89 bits per heavy atom. The van der Waals surface area contributed by atoms with Crippen LogP contribution < -0.4 is 10.6 Å². The van der Waals surface area contributed by atoms with Crippen LogP contribution in [-0.2, 0) is 27.2 Å². The van der Waals surface area contributed by atoms with E-state index in [1.807, 2.05) is 6.07 Å². The number of nitrogens with zero attached hydrogens (tertiary/aromatic N) is 6. The van der Waals surface area contributed by atoms with Crippen LogP contribution in [0.25, 0.3) is 16.8 Å². The fourth-order valence-electron chi connectivity index (χ4n) is 6.26. The Bertz CT molecular complexity index is 1630. The van der Waals surface area contributed by atoms with Crippen LogP contribution in [0.1, 0.15) is 43.1 Å². The Hall–Kier alpha value is -4.02. The average molecular weight is 618 g/mol. The minimum absolute atomic E-state index is 0.0229. The predicted molar refractivity (Wildman–Crippen MR) is 163 cm³/mol. The summed E-state index contributed by atoms with van der Waals surface area (Å²) in [6.07, 6.45) is 7.38. The molecule has 3 aromatic heterocycles. The highest BCUT2D eigenvalue weighted by molar-refractivity contribution is 5.63. The molecule has 0 amide bonds. The summed E-state index contributed by atoms with van der Waals surface area (Å²) >= 11 is 0. The fraction of sp³-hybridized carbons (Fsp3) is 0.455. The maximum Gasteiger partial charge on any atom is 0.135 e. The van der Waals surface area contributed by atoms with Crippen molar-refractivity contribution in [2.45, 2.75) is 57.5 Å². The van der Waals surface area contributed by atoms with Crippen molar-refractivity contribution in [2.75, 3.05) is 37.8 Å². The molecule has 0 aliphatic carbocycles. The number of benzene rings is 1. The van der Waals surface area contributed by atoms with Gasteiger partial charge in [0.15, 0.2) is 0 Å². The molecule has 3 atom stereocenters. The van der Waals surface area contributed by atoms with Gasteiger partial charge in [-0.3, -0.25) is 4.98 Å². The molecule has 0 saturated carbocycles. The van der Waals surface area contributed by atoms with E-state index in [4.69, 9.17) is 25.2 Å². The van der Waals surface area contributed by atoms with Crippen LogP contribution in [-0.4, -0.2) is 70.7 Å². The number of nitriles is 1. The third-order valence-corrected chi connectivity index (χ3v) is 8.48. The number of rotatable bonds is 10. The Balaban J connectivity index is 1.21. The highest BCUT2D eigenvalue weighted by Gasteiger charge is 2.34. The predicted octanol–water partition coefficient (Wildman–Crippen LogP) is 4.44. The van der Waals surface area contributed by atoms with E-state index in [1.54, 1.807) is 35.2 Å². The molecule has 0 bridgehead atoms. The summed E-state index contributed by atoms with van der Waals surface area (Å²) < 4.78 is 49.4. The second kappa shape index (κ2) is 14.0. The van der Waals surface area contributed by atoms with Crippen molar-refractivity contribution in [1.82, 2.24) is 19.6 Å². The van der Waals surface area contributed by atoms with E-state index in [-0.39, 0.29) is 42.0 Å². The molecule has 2 N–H and O–H groups in total. The number of anilines is 1. The van der Waals surface area contributed by atoms with Crippen LogP contribution in [0.2, 0.25) is 0 Å². The Kier molecular flexibility index (Phi) is 9.61. The van der Waals surface area contributed by atoms with Crippen LogP contribution in [0.3, 0.4) is 0 Å². The van der Waals surface area contributed by atoms with Crippen LogP contribution in [0.4, 0.5) is 14.5 Å². The number of pyridine rings is 1. The number of nitrogens with two attached hydrogens (primary N) is 1. The summed E-state index contributed by atoms with van der Waals surface area (Å²) in [5, 5.41) is 13.5. The third kappa shape index (κ3) is 6.97. The zero-order chi connectivity index (χ0) is 31.3. The maximum atomic E-state index is 15.3. The van der Waals surface area contributed by atoms with Crippen molar-refractivity contribution in [3.05, 3.63) is 77.5 Å². The molecule has 0 radical (unpaired) electrons. The van der Waals surface area contributed by atoms with E-state index in [9.17, 15) is 0 Å². The SMILES string of the molecule is C[C@H]1CN(c2ccncc2Cc2ncc3ccc(-c4c(F)cc(COC5CCOCC5)cc4F)nn23)C[C@@H](N)[C@H]1OCCC#N. The number of fused-ring (bicyclic) bond motifs is 1. The van der Waals surface area contributed by atoms with Crippen molar-refractivity contribution < 1.29 is 23.0 Å². The lowest BCUT2D eigenvalue weighted by Crippen LogP contribution is -2.57. The molecule has 0 unspecified atom stereocenters. The van der Waals surface area contributed by atoms with Crippen molar-refractivity contribution in [1.29, 1.82) is 5.26 Å². The summed E-state index contributed by atoms with van der Waals surface area (Å²) in [5.41, 5.74) is 9.53. The zero-order valence-electron chi connectivity index (χ0n) is 25.2.